The highest BCUT2D eigenvalue weighted by molar-refractivity contribution is 9.10. The molecule has 0 spiro atoms. The van der Waals surface area contributed by atoms with E-state index in [0.29, 0.717) is 4.47 Å². The molecule has 0 amide bonds. The minimum atomic E-state index is -1.61. The summed E-state index contributed by atoms with van der Waals surface area (Å²) in [6, 6.07) is 7.53. The summed E-state index contributed by atoms with van der Waals surface area (Å²) in [6.07, 6.45) is -13.0. The summed E-state index contributed by atoms with van der Waals surface area (Å²) < 4.78 is 40.8. The first-order valence-electron chi connectivity index (χ1n) is 14.4. The third-order valence-corrected chi connectivity index (χ3v) is 9.19. The highest BCUT2D eigenvalue weighted by Gasteiger charge is 2.50. The molecule has 10 atom stereocenters. The summed E-state index contributed by atoms with van der Waals surface area (Å²) in [5.74, 6) is -0.447. The number of halogens is 1. The summed E-state index contributed by atoms with van der Waals surface area (Å²) in [4.78, 5) is 26.4. The molecule has 2 aliphatic rings. The molecule has 7 rings (SSSR count). The van der Waals surface area contributed by atoms with Crippen LogP contribution in [0.5, 0.6) is 11.5 Å². The largest absolute Gasteiger partial charge is 0.506 e. The Morgan fingerprint density at radius 2 is 1.48 bits per heavy atom. The van der Waals surface area contributed by atoms with E-state index in [1.807, 2.05) is 0 Å². The standard InChI is InChI=1S/C31H29BrO14/c1-9-20(33)23(36)27(46-30-24(37)26(40-3)21(34)10(2)41-30)31(42-9)44-14-6-4-5-12-17(14)25-18-16-13(28(38)45-25)7-11(32)8-15(16)43-29(39)19(18)22(12)35/h4-10,20-21,23-24,26-27,30-31,33-37H,1-3H3/t9-,10-,20+,21+,23+,24-,26+,27-,30-,31+/m1/s1. The molecule has 5 aromatic rings. The van der Waals surface area contributed by atoms with E-state index in [-0.39, 0.29) is 49.2 Å². The number of phenolic OH excluding ortho intramolecular Hbond substituents is 1. The van der Waals surface area contributed by atoms with Crippen molar-refractivity contribution in [2.75, 3.05) is 7.11 Å². The molecule has 0 unspecified atom stereocenters. The van der Waals surface area contributed by atoms with E-state index in [4.69, 9.17) is 32.5 Å². The number of phenols is 1. The van der Waals surface area contributed by atoms with Crippen molar-refractivity contribution in [1.82, 2.24) is 0 Å². The van der Waals surface area contributed by atoms with Crippen LogP contribution in [0.15, 0.2) is 53.2 Å². The van der Waals surface area contributed by atoms with Gasteiger partial charge in [-0.25, -0.2) is 9.59 Å². The number of methoxy groups -OCH3 is 1. The number of aromatic hydroxyl groups is 1. The van der Waals surface area contributed by atoms with Gasteiger partial charge in [0.1, 0.15) is 53.0 Å². The quantitative estimate of drug-likeness (QED) is 0.101. The fourth-order valence-electron chi connectivity index (χ4n) is 6.38. The van der Waals surface area contributed by atoms with Gasteiger partial charge in [-0.15, -0.1) is 0 Å². The van der Waals surface area contributed by atoms with Gasteiger partial charge in [0.25, 0.3) is 0 Å². The van der Waals surface area contributed by atoms with Crippen LogP contribution >= 0.6 is 15.9 Å². The maximum absolute atomic E-state index is 13.3. The minimum absolute atomic E-state index is 0.00230. The molecule has 0 saturated carbocycles. The maximum Gasteiger partial charge on any atom is 0.348 e. The van der Waals surface area contributed by atoms with Gasteiger partial charge < -0.3 is 58.1 Å². The van der Waals surface area contributed by atoms with Crippen molar-refractivity contribution in [3.63, 3.8) is 0 Å². The van der Waals surface area contributed by atoms with Crippen molar-refractivity contribution in [2.24, 2.45) is 0 Å². The van der Waals surface area contributed by atoms with Gasteiger partial charge in [-0.3, -0.25) is 0 Å². The number of aliphatic hydroxyl groups excluding tert-OH is 4. The van der Waals surface area contributed by atoms with Crippen LogP contribution in [0.2, 0.25) is 0 Å². The number of fused-ring (bicyclic) bond motifs is 2. The van der Waals surface area contributed by atoms with Crippen molar-refractivity contribution in [3.05, 3.63) is 55.6 Å². The van der Waals surface area contributed by atoms with E-state index in [1.54, 1.807) is 6.92 Å². The maximum atomic E-state index is 13.3. The van der Waals surface area contributed by atoms with E-state index in [2.05, 4.69) is 15.9 Å². The van der Waals surface area contributed by atoms with Crippen LogP contribution in [0, 0.1) is 0 Å². The number of aliphatic hydroxyl groups is 4. The van der Waals surface area contributed by atoms with Crippen LogP contribution in [-0.2, 0) is 18.9 Å². The predicted octanol–water partition coefficient (Wildman–Crippen LogP) is 1.82. The fourth-order valence-corrected chi connectivity index (χ4v) is 6.82. The fraction of sp³-hybridized carbons (Fsp3) is 0.419. The lowest BCUT2D eigenvalue weighted by atomic mass is 9.97. The topological polar surface area (TPSA) is 208 Å². The van der Waals surface area contributed by atoms with Crippen LogP contribution in [0.3, 0.4) is 0 Å². The number of benzene rings is 3. The van der Waals surface area contributed by atoms with Crippen molar-refractivity contribution >= 4 is 59.4 Å². The normalized spacial score (nSPS) is 32.2. The van der Waals surface area contributed by atoms with Crippen molar-refractivity contribution in [2.45, 2.75) is 75.3 Å². The average molecular weight is 705 g/mol. The third-order valence-electron chi connectivity index (χ3n) is 8.73. The molecule has 4 heterocycles. The summed E-state index contributed by atoms with van der Waals surface area (Å²) in [5.41, 5.74) is -1.58. The average Bonchev–Trinajstić information content (AvgIpc) is 3.01. The Labute approximate surface area is 266 Å². The van der Waals surface area contributed by atoms with Crippen molar-refractivity contribution in [3.8, 4) is 11.5 Å². The lowest BCUT2D eigenvalue weighted by molar-refractivity contribution is -0.353. The highest BCUT2D eigenvalue weighted by atomic mass is 79.9. The molecule has 15 heteroatoms. The van der Waals surface area contributed by atoms with Gasteiger partial charge in [-0.1, -0.05) is 28.1 Å². The van der Waals surface area contributed by atoms with Crippen molar-refractivity contribution in [1.29, 1.82) is 0 Å². The van der Waals surface area contributed by atoms with Gasteiger partial charge in [0.2, 0.25) is 6.29 Å². The molecule has 0 bridgehead atoms. The highest BCUT2D eigenvalue weighted by Crippen LogP contribution is 2.45. The molecule has 3 aromatic carbocycles. The van der Waals surface area contributed by atoms with Gasteiger partial charge in [-0.05, 0) is 32.0 Å². The molecule has 2 aliphatic heterocycles. The molecular weight excluding hydrogens is 676 g/mol. The molecule has 5 N–H and O–H groups in total. The van der Waals surface area contributed by atoms with Gasteiger partial charge in [0, 0.05) is 27.7 Å². The summed E-state index contributed by atoms with van der Waals surface area (Å²) in [6.45, 7) is 3.05. The third kappa shape index (κ3) is 4.69. The van der Waals surface area contributed by atoms with Crippen molar-refractivity contribution < 1.29 is 58.1 Å². The molecule has 2 aromatic heterocycles. The van der Waals surface area contributed by atoms with E-state index >= 15 is 0 Å². The molecule has 0 aliphatic carbocycles. The van der Waals surface area contributed by atoms with Crippen LogP contribution in [0.4, 0.5) is 0 Å². The van der Waals surface area contributed by atoms with Crippen LogP contribution < -0.4 is 16.0 Å². The first-order chi connectivity index (χ1) is 21.9. The van der Waals surface area contributed by atoms with Gasteiger partial charge >= 0.3 is 11.3 Å². The molecular formula is C31H29BrO14. The lowest BCUT2D eigenvalue weighted by Gasteiger charge is -2.46. The zero-order valence-electron chi connectivity index (χ0n) is 24.4. The van der Waals surface area contributed by atoms with Gasteiger partial charge in [0.15, 0.2) is 18.0 Å². The minimum Gasteiger partial charge on any atom is -0.506 e. The van der Waals surface area contributed by atoms with E-state index < -0.39 is 78.4 Å². The zero-order valence-corrected chi connectivity index (χ0v) is 26.0. The van der Waals surface area contributed by atoms with Crippen LogP contribution in [0.1, 0.15) is 13.8 Å². The smallest absolute Gasteiger partial charge is 0.348 e. The zero-order chi connectivity index (χ0) is 32.8. The Hall–Kier alpha value is -3.38. The second-order valence-electron chi connectivity index (χ2n) is 11.5. The van der Waals surface area contributed by atoms with E-state index in [1.165, 1.54) is 44.4 Å². The Morgan fingerprint density at radius 3 is 2.22 bits per heavy atom. The number of ether oxygens (including phenoxy) is 5. The second-order valence-corrected chi connectivity index (χ2v) is 12.4. The summed E-state index contributed by atoms with van der Waals surface area (Å²) in [7, 11) is 1.30. The first-order valence-corrected chi connectivity index (χ1v) is 15.2. The Kier molecular flexibility index (Phi) is 7.74. The van der Waals surface area contributed by atoms with E-state index in [0.717, 1.165) is 0 Å². The van der Waals surface area contributed by atoms with Crippen LogP contribution in [0.25, 0.3) is 43.5 Å². The summed E-state index contributed by atoms with van der Waals surface area (Å²) in [5, 5.41) is 54.9. The van der Waals surface area contributed by atoms with Gasteiger partial charge in [-0.2, -0.15) is 0 Å². The van der Waals surface area contributed by atoms with Gasteiger partial charge in [0.05, 0.1) is 23.0 Å². The first kappa shape index (κ1) is 31.2. The number of hydrogen-bond acceptors (Lipinski definition) is 14. The Balaban J connectivity index is 1.38. The Bertz CT molecular complexity index is 2070. The number of hydrogen-bond donors (Lipinski definition) is 5. The summed E-state index contributed by atoms with van der Waals surface area (Å²) >= 11 is 3.31. The SMILES string of the molecule is CO[C@H]1[C@@H](O)[C@@H](C)O[C@H](O[C@H]2[C@H](Oc3cccc4c(O)c5c(=O)oc6cc(Br)cc7c(=O)oc(c34)c5c67)O[C@H](C)[C@H](O)[C@@H]2O)[C@@H]1O. The number of rotatable bonds is 5. The lowest BCUT2D eigenvalue weighted by Crippen LogP contribution is -2.64. The monoisotopic (exact) mass is 704 g/mol. The molecule has 46 heavy (non-hydrogen) atoms. The molecule has 2 saturated heterocycles. The second kappa shape index (κ2) is 11.4. The molecule has 14 nitrogen and oxygen atoms in total. The molecule has 2 fully saturated rings. The van der Waals surface area contributed by atoms with E-state index in [9.17, 15) is 35.1 Å². The molecule has 244 valence electrons. The van der Waals surface area contributed by atoms with Crippen LogP contribution in [-0.4, -0.2) is 94.1 Å². The molecule has 0 radical (unpaired) electrons. The predicted molar refractivity (Wildman–Crippen MR) is 163 cm³/mol. The Morgan fingerprint density at radius 1 is 0.761 bits per heavy atom.